The molecule has 0 amide bonds. The van der Waals surface area contributed by atoms with Crippen molar-refractivity contribution >= 4 is 40.4 Å². The molecule has 12 nitrogen and oxygen atoms in total. The molecule has 2 aliphatic rings. The highest BCUT2D eigenvalue weighted by Crippen LogP contribution is 2.49. The van der Waals surface area contributed by atoms with Crippen LogP contribution in [0.1, 0.15) is 68.0 Å². The molecule has 4 rings (SSSR count). The van der Waals surface area contributed by atoms with E-state index in [0.717, 1.165) is 0 Å². The molecule has 0 radical (unpaired) electrons. The maximum atomic E-state index is 9.29. The van der Waals surface area contributed by atoms with Gasteiger partial charge in [-0.3, -0.25) is 4.57 Å². The minimum absolute atomic E-state index is 0.155. The van der Waals surface area contributed by atoms with Crippen molar-refractivity contribution in [3.8, 4) is 6.07 Å². The number of imidazole rings is 1. The Labute approximate surface area is 251 Å². The van der Waals surface area contributed by atoms with E-state index >= 15 is 0 Å². The van der Waals surface area contributed by atoms with E-state index in [1.165, 1.54) is 6.33 Å². The maximum Gasteiger partial charge on any atom is 0.335 e. The molecule has 0 unspecified atom stereocenters. The second-order valence-corrected chi connectivity index (χ2v) is 21.4. The minimum atomic E-state index is -2.92. The number of ether oxygens (including phenoxy) is 2. The number of nitriles is 1. The molecular formula is C28H47N7O5Si2. The van der Waals surface area contributed by atoms with Gasteiger partial charge in [-0.05, 0) is 22.2 Å². The average molecular weight is 618 g/mol. The fraction of sp³-hybridized carbons (Fsp3) is 0.750. The summed E-state index contributed by atoms with van der Waals surface area (Å²) in [6.07, 6.45) is 3.03. The van der Waals surface area contributed by atoms with Gasteiger partial charge in [0.25, 0.3) is 0 Å². The Bertz CT molecular complexity index is 1260. The Balaban J connectivity index is 1.82. The summed E-state index contributed by atoms with van der Waals surface area (Å²) in [5.74, 6) is 0.460. The number of nitrogens with zero attached hydrogens (tertiary/aromatic N) is 7. The first-order valence-electron chi connectivity index (χ1n) is 14.9. The Morgan fingerprint density at radius 3 is 2.33 bits per heavy atom. The van der Waals surface area contributed by atoms with E-state index in [4.69, 9.17) is 22.4 Å². The van der Waals surface area contributed by atoms with Crippen LogP contribution in [0.5, 0.6) is 0 Å². The molecule has 42 heavy (non-hydrogen) atoms. The molecule has 0 saturated carbocycles. The molecule has 0 bridgehead atoms. The Kier molecular flexibility index (Phi) is 10.2. The molecule has 232 valence electrons. The summed E-state index contributed by atoms with van der Waals surface area (Å²) < 4.78 is 36.7. The van der Waals surface area contributed by atoms with Crippen LogP contribution in [0.25, 0.3) is 11.2 Å². The van der Waals surface area contributed by atoms with E-state index in [-0.39, 0.29) is 35.2 Å². The lowest BCUT2D eigenvalue weighted by Crippen LogP contribution is -2.66. The maximum absolute atomic E-state index is 9.29. The summed E-state index contributed by atoms with van der Waals surface area (Å²) in [5.41, 5.74) is 1.88. The van der Waals surface area contributed by atoms with Gasteiger partial charge >= 0.3 is 17.1 Å². The summed E-state index contributed by atoms with van der Waals surface area (Å²) in [6, 6.07) is 2.18. The number of aromatic nitrogens is 4. The Hall–Kier alpha value is -2.26. The highest BCUT2D eigenvalue weighted by Gasteiger charge is 2.62. The van der Waals surface area contributed by atoms with Gasteiger partial charge in [-0.1, -0.05) is 55.4 Å². The molecule has 0 spiro atoms. The largest absolute Gasteiger partial charge is 0.414 e. The first-order chi connectivity index (χ1) is 19.9. The topological polar surface area (TPSA) is 129 Å². The zero-order chi connectivity index (χ0) is 30.8. The van der Waals surface area contributed by atoms with E-state index < -0.39 is 41.7 Å². The van der Waals surface area contributed by atoms with Gasteiger partial charge in [0.2, 0.25) is 0 Å². The summed E-state index contributed by atoms with van der Waals surface area (Å²) in [7, 11) is -1.87. The second-order valence-electron chi connectivity index (χ2n) is 12.6. The van der Waals surface area contributed by atoms with Gasteiger partial charge in [0.15, 0.2) is 23.2 Å². The predicted octanol–water partition coefficient (Wildman–Crippen LogP) is 5.20. The molecule has 2 aromatic rings. The van der Waals surface area contributed by atoms with Crippen molar-refractivity contribution in [2.45, 2.75) is 109 Å². The van der Waals surface area contributed by atoms with Gasteiger partial charge in [0.05, 0.1) is 38.4 Å². The predicted molar refractivity (Wildman–Crippen MR) is 165 cm³/mol. The van der Waals surface area contributed by atoms with Crippen LogP contribution in [0.4, 0.5) is 5.82 Å². The second kappa shape index (κ2) is 13.2. The van der Waals surface area contributed by atoms with Gasteiger partial charge in [-0.2, -0.15) is 5.26 Å². The lowest BCUT2D eigenvalue weighted by molar-refractivity contribution is -0.0682. The smallest absolute Gasteiger partial charge is 0.335 e. The third kappa shape index (κ3) is 6.05. The molecule has 0 aliphatic carbocycles. The number of rotatable bonds is 10. The SMILES string of the molecule is CC(C)[Si]1(C(C)C)OC[C@H]2O[C@@H](n3cnc4c(/N=C/N(C)C)ncnc43)[C@H](OCCC#N)[C@@H]2O[Si](C(C)C)(C(C)C)O1. The van der Waals surface area contributed by atoms with Gasteiger partial charge in [0, 0.05) is 14.1 Å². The Morgan fingerprint density at radius 1 is 1.07 bits per heavy atom. The quantitative estimate of drug-likeness (QED) is 0.152. The lowest BCUT2D eigenvalue weighted by atomic mass is 10.1. The van der Waals surface area contributed by atoms with Crippen LogP contribution in [-0.2, 0) is 22.4 Å². The van der Waals surface area contributed by atoms with Crippen molar-refractivity contribution in [1.82, 2.24) is 24.4 Å². The van der Waals surface area contributed by atoms with Crippen LogP contribution >= 0.6 is 0 Å². The molecule has 14 heteroatoms. The standard InChI is InChI=1S/C28H47N7O5Si2/c1-18(2)41(19(3)4)37-14-22-24(39-42(40-41,20(5)6)21(7)8)25(36-13-11-12-29)28(38-22)35-17-32-23-26(33-16-34(9)10)30-15-31-27(23)35/h15-22,24-25,28H,11,13-14H2,1-10H3/b33-16+/t22-,24-,25-,28-/m1/s1. The van der Waals surface area contributed by atoms with Gasteiger partial charge in [-0.25, -0.2) is 19.9 Å². The van der Waals surface area contributed by atoms with E-state index in [1.54, 1.807) is 12.7 Å². The zero-order valence-corrected chi connectivity index (χ0v) is 28.6. The van der Waals surface area contributed by atoms with E-state index in [2.05, 4.69) is 81.4 Å². The highest BCUT2D eigenvalue weighted by atomic mass is 28.5. The third-order valence-electron chi connectivity index (χ3n) is 8.17. The Morgan fingerprint density at radius 2 is 1.74 bits per heavy atom. The molecule has 4 atom stereocenters. The van der Waals surface area contributed by atoms with Crippen molar-refractivity contribution in [1.29, 1.82) is 5.26 Å². The monoisotopic (exact) mass is 617 g/mol. The van der Waals surface area contributed by atoms with Crippen LogP contribution in [0.2, 0.25) is 22.2 Å². The van der Waals surface area contributed by atoms with Crippen molar-refractivity contribution in [3.63, 3.8) is 0 Å². The number of aliphatic imine (C=N–C) groups is 1. The van der Waals surface area contributed by atoms with Gasteiger partial charge in [-0.15, -0.1) is 0 Å². The van der Waals surface area contributed by atoms with E-state index in [1.807, 2.05) is 23.6 Å². The molecule has 2 saturated heterocycles. The zero-order valence-electron chi connectivity index (χ0n) is 26.6. The van der Waals surface area contributed by atoms with Gasteiger partial charge < -0.3 is 27.3 Å². The number of hydrogen-bond acceptors (Lipinski definition) is 10. The number of fused-ring (bicyclic) bond motifs is 2. The van der Waals surface area contributed by atoms with E-state index in [0.29, 0.717) is 23.6 Å². The van der Waals surface area contributed by atoms with Crippen molar-refractivity contribution in [2.75, 3.05) is 27.3 Å². The van der Waals surface area contributed by atoms with Crippen molar-refractivity contribution in [3.05, 3.63) is 12.7 Å². The average Bonchev–Trinajstić information content (AvgIpc) is 3.48. The summed E-state index contributed by atoms with van der Waals surface area (Å²) in [4.78, 5) is 19.8. The lowest BCUT2D eigenvalue weighted by Gasteiger charge is -2.51. The minimum Gasteiger partial charge on any atom is -0.414 e. The molecule has 0 aromatic carbocycles. The fourth-order valence-electron chi connectivity index (χ4n) is 6.06. The first-order valence-corrected chi connectivity index (χ1v) is 18.9. The van der Waals surface area contributed by atoms with Crippen LogP contribution < -0.4 is 0 Å². The van der Waals surface area contributed by atoms with Gasteiger partial charge in [0.1, 0.15) is 24.6 Å². The summed E-state index contributed by atoms with van der Waals surface area (Å²) in [6.45, 7) is 18.1. The number of hydrogen-bond donors (Lipinski definition) is 0. The summed E-state index contributed by atoms with van der Waals surface area (Å²) >= 11 is 0. The molecular weight excluding hydrogens is 571 g/mol. The van der Waals surface area contributed by atoms with Crippen LogP contribution in [0.3, 0.4) is 0 Å². The normalized spacial score (nSPS) is 25.8. The third-order valence-corrected chi connectivity index (χ3v) is 18.4. The van der Waals surface area contributed by atoms with Crippen molar-refractivity contribution in [2.24, 2.45) is 4.99 Å². The summed E-state index contributed by atoms with van der Waals surface area (Å²) in [5, 5.41) is 9.29. The van der Waals surface area contributed by atoms with Crippen LogP contribution in [0.15, 0.2) is 17.6 Å². The molecule has 4 heterocycles. The first kappa shape index (κ1) is 32.7. The molecule has 2 aliphatic heterocycles. The molecule has 2 fully saturated rings. The van der Waals surface area contributed by atoms with Crippen LogP contribution in [-0.4, -0.2) is 93.5 Å². The van der Waals surface area contributed by atoms with Crippen molar-refractivity contribution < 1.29 is 22.4 Å². The molecule has 0 N–H and O–H groups in total. The highest BCUT2D eigenvalue weighted by molar-refractivity contribution is 6.84. The fourth-order valence-corrected chi connectivity index (χ4v) is 17.3. The van der Waals surface area contributed by atoms with Crippen LogP contribution in [0, 0.1) is 11.3 Å². The van der Waals surface area contributed by atoms with E-state index in [9.17, 15) is 5.26 Å². The molecule has 2 aromatic heterocycles.